The predicted molar refractivity (Wildman–Crippen MR) is 37.6 cm³/mol. The van der Waals surface area contributed by atoms with Gasteiger partial charge in [-0.1, -0.05) is 0 Å². The molecule has 0 amide bonds. The molecule has 0 rings (SSSR count). The minimum atomic E-state index is -0.0721. The van der Waals surface area contributed by atoms with Crippen molar-refractivity contribution in [1.29, 1.82) is 0 Å². The Morgan fingerprint density at radius 1 is 1.20 bits per heavy atom. The van der Waals surface area contributed by atoms with Crippen LogP contribution in [0.5, 0.6) is 0 Å². The van der Waals surface area contributed by atoms with Crippen molar-refractivity contribution < 1.29 is 15.0 Å². The Morgan fingerprint density at radius 3 is 2.30 bits per heavy atom. The molecular weight excluding hydrogens is 132 g/mol. The standard InChI is InChI=1S/C7H14O3/c8-4-1-2-7(6-10)3-5-9/h6-9H,1-5H2. The molecule has 0 aliphatic carbocycles. The summed E-state index contributed by atoms with van der Waals surface area (Å²) < 4.78 is 0. The molecule has 1 atom stereocenters. The lowest BCUT2D eigenvalue weighted by molar-refractivity contribution is -0.111. The van der Waals surface area contributed by atoms with Gasteiger partial charge < -0.3 is 15.0 Å². The number of aliphatic hydroxyl groups is 2. The molecule has 2 N–H and O–H groups in total. The maximum atomic E-state index is 10.2. The van der Waals surface area contributed by atoms with E-state index in [-0.39, 0.29) is 19.1 Å². The average molecular weight is 146 g/mol. The SMILES string of the molecule is O=CC(CCO)CCCO. The quantitative estimate of drug-likeness (QED) is 0.517. The number of aldehydes is 1. The molecule has 60 valence electrons. The van der Waals surface area contributed by atoms with Gasteiger partial charge in [0, 0.05) is 19.1 Å². The first-order valence-electron chi connectivity index (χ1n) is 3.52. The Balaban J connectivity index is 3.29. The van der Waals surface area contributed by atoms with Crippen LogP contribution in [0.3, 0.4) is 0 Å². The fourth-order valence-corrected chi connectivity index (χ4v) is 0.800. The number of carbonyl (C=O) groups excluding carboxylic acids is 1. The minimum Gasteiger partial charge on any atom is -0.396 e. The van der Waals surface area contributed by atoms with Crippen LogP contribution in [-0.2, 0) is 4.79 Å². The fraction of sp³-hybridized carbons (Fsp3) is 0.857. The summed E-state index contributed by atoms with van der Waals surface area (Å²) in [7, 11) is 0. The zero-order valence-electron chi connectivity index (χ0n) is 5.99. The molecule has 0 bridgehead atoms. The maximum absolute atomic E-state index is 10.2. The third kappa shape index (κ3) is 4.47. The lowest BCUT2D eigenvalue weighted by Crippen LogP contribution is -2.05. The van der Waals surface area contributed by atoms with Crippen molar-refractivity contribution in [3.63, 3.8) is 0 Å². The highest BCUT2D eigenvalue weighted by molar-refractivity contribution is 5.53. The third-order valence-electron chi connectivity index (χ3n) is 1.43. The Bertz CT molecular complexity index is 82.9. The molecule has 0 aliphatic heterocycles. The van der Waals surface area contributed by atoms with Crippen LogP contribution in [0.2, 0.25) is 0 Å². The molecule has 0 spiro atoms. The Kier molecular flexibility index (Phi) is 6.43. The van der Waals surface area contributed by atoms with E-state index in [0.29, 0.717) is 19.3 Å². The highest BCUT2D eigenvalue weighted by Crippen LogP contribution is 2.06. The second-order valence-electron chi connectivity index (χ2n) is 2.27. The topological polar surface area (TPSA) is 57.5 Å². The summed E-state index contributed by atoms with van der Waals surface area (Å²) in [5.74, 6) is -0.0721. The van der Waals surface area contributed by atoms with Gasteiger partial charge in [0.05, 0.1) is 0 Å². The van der Waals surface area contributed by atoms with Crippen LogP contribution in [0.15, 0.2) is 0 Å². The van der Waals surface area contributed by atoms with Crippen molar-refractivity contribution in [2.24, 2.45) is 5.92 Å². The van der Waals surface area contributed by atoms with Gasteiger partial charge in [0.1, 0.15) is 6.29 Å². The van der Waals surface area contributed by atoms with E-state index in [2.05, 4.69) is 0 Å². The Hall–Kier alpha value is -0.410. The second kappa shape index (κ2) is 6.71. The molecule has 1 unspecified atom stereocenters. The molecule has 0 aromatic carbocycles. The molecule has 0 aromatic heterocycles. The molecule has 0 radical (unpaired) electrons. The van der Waals surface area contributed by atoms with E-state index in [1.54, 1.807) is 0 Å². The van der Waals surface area contributed by atoms with Gasteiger partial charge in [0.25, 0.3) is 0 Å². The first-order chi connectivity index (χ1) is 4.85. The van der Waals surface area contributed by atoms with E-state index in [0.717, 1.165) is 6.29 Å². The van der Waals surface area contributed by atoms with Crippen LogP contribution in [-0.4, -0.2) is 29.7 Å². The Labute approximate surface area is 60.7 Å². The van der Waals surface area contributed by atoms with Gasteiger partial charge >= 0.3 is 0 Å². The summed E-state index contributed by atoms with van der Waals surface area (Å²) >= 11 is 0. The summed E-state index contributed by atoms with van der Waals surface area (Å²) in [6, 6.07) is 0. The van der Waals surface area contributed by atoms with Crippen LogP contribution in [0, 0.1) is 5.92 Å². The minimum absolute atomic E-state index is 0.0504. The maximum Gasteiger partial charge on any atom is 0.123 e. The van der Waals surface area contributed by atoms with E-state index in [9.17, 15) is 4.79 Å². The highest BCUT2D eigenvalue weighted by Gasteiger charge is 2.04. The number of rotatable bonds is 6. The summed E-state index contributed by atoms with van der Waals surface area (Å²) in [4.78, 5) is 10.2. The van der Waals surface area contributed by atoms with E-state index in [4.69, 9.17) is 10.2 Å². The van der Waals surface area contributed by atoms with Crippen molar-refractivity contribution >= 4 is 6.29 Å². The van der Waals surface area contributed by atoms with Gasteiger partial charge in [-0.3, -0.25) is 0 Å². The molecule has 0 saturated carbocycles. The lowest BCUT2D eigenvalue weighted by Gasteiger charge is -2.05. The number of hydrogen-bond donors (Lipinski definition) is 2. The summed E-state index contributed by atoms with van der Waals surface area (Å²) in [6.07, 6.45) is 2.68. The van der Waals surface area contributed by atoms with Gasteiger partial charge in [-0.15, -0.1) is 0 Å². The predicted octanol–water partition coefficient (Wildman–Crippen LogP) is -0.0436. The molecule has 0 aliphatic rings. The van der Waals surface area contributed by atoms with Gasteiger partial charge in [0.2, 0.25) is 0 Å². The largest absolute Gasteiger partial charge is 0.396 e. The second-order valence-corrected chi connectivity index (χ2v) is 2.27. The first-order valence-corrected chi connectivity index (χ1v) is 3.52. The monoisotopic (exact) mass is 146 g/mol. The lowest BCUT2D eigenvalue weighted by atomic mass is 10.0. The van der Waals surface area contributed by atoms with E-state index < -0.39 is 0 Å². The average Bonchev–Trinajstić information content (AvgIpc) is 1.98. The van der Waals surface area contributed by atoms with Gasteiger partial charge in [0.15, 0.2) is 0 Å². The van der Waals surface area contributed by atoms with Crippen molar-refractivity contribution in [1.82, 2.24) is 0 Å². The van der Waals surface area contributed by atoms with Crippen LogP contribution in [0.1, 0.15) is 19.3 Å². The summed E-state index contributed by atoms with van der Waals surface area (Å²) in [5.41, 5.74) is 0. The normalized spacial score (nSPS) is 13.0. The molecule has 3 heteroatoms. The zero-order valence-corrected chi connectivity index (χ0v) is 5.99. The van der Waals surface area contributed by atoms with Gasteiger partial charge in [-0.2, -0.15) is 0 Å². The van der Waals surface area contributed by atoms with Crippen molar-refractivity contribution in [2.75, 3.05) is 13.2 Å². The van der Waals surface area contributed by atoms with Crippen molar-refractivity contribution in [2.45, 2.75) is 19.3 Å². The van der Waals surface area contributed by atoms with Crippen LogP contribution >= 0.6 is 0 Å². The molecule has 3 nitrogen and oxygen atoms in total. The number of aliphatic hydroxyl groups excluding tert-OH is 2. The van der Waals surface area contributed by atoms with E-state index in [1.165, 1.54) is 0 Å². The molecule has 10 heavy (non-hydrogen) atoms. The third-order valence-corrected chi connectivity index (χ3v) is 1.43. The van der Waals surface area contributed by atoms with E-state index >= 15 is 0 Å². The van der Waals surface area contributed by atoms with Crippen molar-refractivity contribution in [3.8, 4) is 0 Å². The molecule has 0 aromatic rings. The molecule has 0 fully saturated rings. The Morgan fingerprint density at radius 2 is 1.90 bits per heavy atom. The summed E-state index contributed by atoms with van der Waals surface area (Å²) in [6.45, 7) is 0.171. The fourth-order valence-electron chi connectivity index (χ4n) is 0.800. The highest BCUT2D eigenvalue weighted by atomic mass is 16.3. The number of hydrogen-bond acceptors (Lipinski definition) is 3. The van der Waals surface area contributed by atoms with Gasteiger partial charge in [-0.25, -0.2) is 0 Å². The van der Waals surface area contributed by atoms with Crippen LogP contribution in [0.4, 0.5) is 0 Å². The van der Waals surface area contributed by atoms with Crippen LogP contribution < -0.4 is 0 Å². The smallest absolute Gasteiger partial charge is 0.123 e. The molecular formula is C7H14O3. The zero-order chi connectivity index (χ0) is 7.82. The van der Waals surface area contributed by atoms with Gasteiger partial charge in [-0.05, 0) is 19.3 Å². The summed E-state index contributed by atoms with van der Waals surface area (Å²) in [5, 5.41) is 16.8. The molecule has 0 heterocycles. The van der Waals surface area contributed by atoms with E-state index in [1.807, 2.05) is 0 Å². The number of carbonyl (C=O) groups is 1. The van der Waals surface area contributed by atoms with Crippen molar-refractivity contribution in [3.05, 3.63) is 0 Å². The molecule has 0 saturated heterocycles. The van der Waals surface area contributed by atoms with Crippen LogP contribution in [0.25, 0.3) is 0 Å². The first kappa shape index (κ1) is 9.59.